The van der Waals surface area contributed by atoms with E-state index >= 15 is 0 Å². The highest BCUT2D eigenvalue weighted by atomic mass is 16.5. The summed E-state index contributed by atoms with van der Waals surface area (Å²) < 4.78 is 10.5. The van der Waals surface area contributed by atoms with E-state index in [4.69, 9.17) is 9.47 Å². The number of carbonyl (C=O) groups excluding carboxylic acids is 4. The molecule has 1 atom stereocenters. The lowest BCUT2D eigenvalue weighted by Crippen LogP contribution is -2.49. The lowest BCUT2D eigenvalue weighted by Gasteiger charge is -2.23. The van der Waals surface area contributed by atoms with Crippen LogP contribution in [-0.4, -0.2) is 73.3 Å². The molecule has 0 spiro atoms. The van der Waals surface area contributed by atoms with Gasteiger partial charge in [-0.15, -0.1) is 0 Å². The van der Waals surface area contributed by atoms with Crippen molar-refractivity contribution in [2.75, 3.05) is 33.9 Å². The number of hydrogen-bond acceptors (Lipinski definition) is 7. The van der Waals surface area contributed by atoms with Gasteiger partial charge in [-0.05, 0) is 49.1 Å². The molecule has 1 aliphatic rings. The number of benzene rings is 2. The zero-order valence-electron chi connectivity index (χ0n) is 21.4. The number of pyridine rings is 1. The first-order valence-corrected chi connectivity index (χ1v) is 12.4. The molecule has 1 fully saturated rings. The second kappa shape index (κ2) is 12.2. The van der Waals surface area contributed by atoms with E-state index in [2.05, 4.69) is 15.6 Å². The summed E-state index contributed by atoms with van der Waals surface area (Å²) in [6.45, 7) is 0.319. The van der Waals surface area contributed by atoms with Crippen LogP contribution in [0.3, 0.4) is 0 Å². The Bertz CT molecular complexity index is 1350. The number of fused-ring (bicyclic) bond motifs is 1. The highest BCUT2D eigenvalue weighted by Crippen LogP contribution is 2.27. The average Bonchev–Trinajstić information content (AvgIpc) is 3.45. The Balaban J connectivity index is 1.30. The van der Waals surface area contributed by atoms with Gasteiger partial charge in [0.1, 0.15) is 6.04 Å². The molecular formula is C28H30N4O6. The first kappa shape index (κ1) is 26.6. The largest absolute Gasteiger partial charge is 0.493 e. The Kier molecular flexibility index (Phi) is 8.52. The minimum absolute atomic E-state index is 0.247. The summed E-state index contributed by atoms with van der Waals surface area (Å²) in [4.78, 5) is 56.7. The molecule has 198 valence electrons. The van der Waals surface area contributed by atoms with E-state index in [1.165, 1.54) is 11.1 Å². The summed E-state index contributed by atoms with van der Waals surface area (Å²) in [5, 5.41) is 5.96. The van der Waals surface area contributed by atoms with Crippen LogP contribution in [0, 0.1) is 0 Å². The molecule has 0 unspecified atom stereocenters. The van der Waals surface area contributed by atoms with Crippen LogP contribution in [0.4, 0.5) is 0 Å². The number of likely N-dealkylation sites (tertiary alicyclic amines) is 1. The van der Waals surface area contributed by atoms with Crippen LogP contribution in [0.1, 0.15) is 28.8 Å². The third-order valence-electron chi connectivity index (χ3n) is 6.54. The van der Waals surface area contributed by atoms with Crippen molar-refractivity contribution in [3.05, 3.63) is 65.9 Å². The highest BCUT2D eigenvalue weighted by Gasteiger charge is 2.37. The number of methoxy groups -OCH3 is 2. The normalized spacial score (nSPS) is 14.7. The summed E-state index contributed by atoms with van der Waals surface area (Å²) in [5.41, 5.74) is 1.99. The lowest BCUT2D eigenvalue weighted by atomic mass is 10.1. The number of hydrogen-bond donors (Lipinski definition) is 2. The molecular weight excluding hydrogens is 488 g/mol. The molecule has 10 heteroatoms. The van der Waals surface area contributed by atoms with Gasteiger partial charge in [0.15, 0.2) is 11.5 Å². The van der Waals surface area contributed by atoms with Crippen LogP contribution >= 0.6 is 0 Å². The molecule has 3 aromatic rings. The van der Waals surface area contributed by atoms with E-state index in [-0.39, 0.29) is 13.1 Å². The van der Waals surface area contributed by atoms with Crippen LogP contribution in [0.25, 0.3) is 10.9 Å². The molecule has 2 N–H and O–H groups in total. The number of aromatic nitrogens is 1. The predicted molar refractivity (Wildman–Crippen MR) is 140 cm³/mol. The summed E-state index contributed by atoms with van der Waals surface area (Å²) >= 11 is 0. The molecule has 1 aromatic heterocycles. The van der Waals surface area contributed by atoms with Crippen molar-refractivity contribution in [2.45, 2.75) is 25.3 Å². The predicted octanol–water partition coefficient (Wildman–Crippen LogP) is 1.90. The van der Waals surface area contributed by atoms with Gasteiger partial charge in [-0.2, -0.15) is 0 Å². The smallest absolute Gasteiger partial charge is 0.289 e. The molecule has 0 aliphatic carbocycles. The number of ether oxygens (including phenoxy) is 2. The van der Waals surface area contributed by atoms with Crippen LogP contribution < -0.4 is 20.1 Å². The third kappa shape index (κ3) is 5.91. The Morgan fingerprint density at radius 2 is 1.79 bits per heavy atom. The molecule has 38 heavy (non-hydrogen) atoms. The number of nitrogens with one attached hydrogen (secondary N) is 2. The summed E-state index contributed by atoms with van der Waals surface area (Å²) in [6, 6.07) is 13.4. The SMILES string of the molecule is COc1ccc(CCNC(=O)C(=O)[C@@H]2CCCN2C(=O)CNC(=O)c2ccnc3ccccc23)cc1OC. The van der Waals surface area contributed by atoms with Gasteiger partial charge in [0.25, 0.3) is 11.8 Å². The first-order valence-electron chi connectivity index (χ1n) is 12.4. The second-order valence-corrected chi connectivity index (χ2v) is 8.86. The van der Waals surface area contributed by atoms with E-state index in [9.17, 15) is 19.2 Å². The molecule has 3 amide bonds. The molecule has 0 bridgehead atoms. The first-order chi connectivity index (χ1) is 18.4. The standard InChI is InChI=1S/C28H30N4O6/c1-37-23-10-9-18(16-24(23)38-2)11-13-30-28(36)26(34)22-8-5-15-32(22)25(33)17-31-27(35)20-12-14-29-21-7-4-3-6-19(20)21/h3-4,6-7,9-10,12,14,16,22H,5,8,11,13,15,17H2,1-2H3,(H,30,36)(H,31,35)/t22-/m0/s1. The summed E-state index contributed by atoms with van der Waals surface area (Å²) in [7, 11) is 3.10. The minimum atomic E-state index is -0.845. The molecule has 1 aliphatic heterocycles. The Labute approximate surface area is 220 Å². The molecule has 10 nitrogen and oxygen atoms in total. The minimum Gasteiger partial charge on any atom is -0.493 e. The van der Waals surface area contributed by atoms with E-state index < -0.39 is 29.5 Å². The van der Waals surface area contributed by atoms with Gasteiger partial charge in [-0.3, -0.25) is 24.2 Å². The van der Waals surface area contributed by atoms with Crippen molar-refractivity contribution < 1.29 is 28.7 Å². The fourth-order valence-electron chi connectivity index (χ4n) is 4.58. The molecule has 4 rings (SSSR count). The molecule has 0 radical (unpaired) electrons. The number of carbonyl (C=O) groups is 4. The lowest BCUT2D eigenvalue weighted by molar-refractivity contribution is -0.143. The topological polar surface area (TPSA) is 127 Å². The number of rotatable bonds is 10. The fourth-order valence-corrected chi connectivity index (χ4v) is 4.58. The van der Waals surface area contributed by atoms with Crippen molar-refractivity contribution in [1.29, 1.82) is 0 Å². The van der Waals surface area contributed by atoms with Crippen molar-refractivity contribution in [3.8, 4) is 11.5 Å². The summed E-state index contributed by atoms with van der Waals surface area (Å²) in [5.74, 6) is -1.03. The zero-order valence-corrected chi connectivity index (χ0v) is 21.4. The zero-order chi connectivity index (χ0) is 27.1. The Morgan fingerprint density at radius 3 is 2.58 bits per heavy atom. The van der Waals surface area contributed by atoms with E-state index in [0.29, 0.717) is 53.8 Å². The van der Waals surface area contributed by atoms with Gasteiger partial charge in [0.2, 0.25) is 11.7 Å². The third-order valence-corrected chi connectivity index (χ3v) is 6.54. The van der Waals surface area contributed by atoms with Crippen LogP contribution in [0.5, 0.6) is 11.5 Å². The average molecular weight is 519 g/mol. The maximum atomic E-state index is 12.9. The quantitative estimate of drug-likeness (QED) is 0.393. The number of Topliss-reactive ketones (excluding diaryl/α,β-unsaturated/α-hetero) is 1. The van der Waals surface area contributed by atoms with Crippen molar-refractivity contribution >= 4 is 34.4 Å². The number of ketones is 1. The number of para-hydroxylation sites is 1. The molecule has 2 heterocycles. The maximum absolute atomic E-state index is 12.9. The molecule has 2 aromatic carbocycles. The van der Waals surface area contributed by atoms with Crippen LogP contribution in [-0.2, 0) is 20.8 Å². The Hall–Kier alpha value is -4.47. The van der Waals surface area contributed by atoms with Gasteiger partial charge in [0, 0.05) is 24.7 Å². The van der Waals surface area contributed by atoms with E-state index in [0.717, 1.165) is 5.56 Å². The fraction of sp³-hybridized carbons (Fsp3) is 0.321. The van der Waals surface area contributed by atoms with Gasteiger partial charge < -0.3 is 25.0 Å². The molecule has 1 saturated heterocycles. The van der Waals surface area contributed by atoms with Crippen LogP contribution in [0.15, 0.2) is 54.7 Å². The van der Waals surface area contributed by atoms with Crippen molar-refractivity contribution in [2.24, 2.45) is 0 Å². The second-order valence-electron chi connectivity index (χ2n) is 8.86. The van der Waals surface area contributed by atoms with E-state index in [1.54, 1.807) is 38.5 Å². The van der Waals surface area contributed by atoms with Crippen molar-refractivity contribution in [1.82, 2.24) is 20.5 Å². The van der Waals surface area contributed by atoms with Gasteiger partial charge in [-0.25, -0.2) is 0 Å². The maximum Gasteiger partial charge on any atom is 0.289 e. The van der Waals surface area contributed by atoms with Gasteiger partial charge >= 0.3 is 0 Å². The van der Waals surface area contributed by atoms with Crippen molar-refractivity contribution in [3.63, 3.8) is 0 Å². The van der Waals surface area contributed by atoms with E-state index in [1.807, 2.05) is 24.3 Å². The number of nitrogens with zero attached hydrogens (tertiary/aromatic N) is 2. The highest BCUT2D eigenvalue weighted by molar-refractivity contribution is 6.38. The van der Waals surface area contributed by atoms with Gasteiger partial charge in [-0.1, -0.05) is 24.3 Å². The Morgan fingerprint density at radius 1 is 1.00 bits per heavy atom. The monoisotopic (exact) mass is 518 g/mol. The summed E-state index contributed by atoms with van der Waals surface area (Å²) in [6.07, 6.45) is 3.03. The number of amides is 3. The van der Waals surface area contributed by atoms with Gasteiger partial charge in [0.05, 0.1) is 31.8 Å². The molecule has 0 saturated carbocycles. The van der Waals surface area contributed by atoms with Crippen LogP contribution in [0.2, 0.25) is 0 Å².